The molecule has 1 aliphatic rings. The number of phenolic OH excluding ortho intramolecular Hbond substituents is 2. The van der Waals surface area contributed by atoms with E-state index in [2.05, 4.69) is 13.8 Å². The Balaban J connectivity index is 2.44. The lowest BCUT2D eigenvalue weighted by atomic mass is 9.59. The van der Waals surface area contributed by atoms with Gasteiger partial charge in [0.15, 0.2) is 6.29 Å². The number of ether oxygens (including phenoxy) is 1. The molecular weight excluding hydrogens is 456 g/mol. The van der Waals surface area contributed by atoms with Crippen molar-refractivity contribution in [2.24, 2.45) is 23.2 Å². The smallest absolute Gasteiger partial charge is 0.308 e. The van der Waals surface area contributed by atoms with Gasteiger partial charge in [-0.25, -0.2) is 0 Å². The molecule has 1 aromatic carbocycles. The molecule has 1 aromatic rings. The number of aldehydes is 1. The van der Waals surface area contributed by atoms with E-state index in [9.17, 15) is 24.6 Å². The molecule has 6 nitrogen and oxygen atoms in total. The molecule has 2 N–H and O–H groups in total. The van der Waals surface area contributed by atoms with Crippen LogP contribution in [0, 0.1) is 30.1 Å². The van der Waals surface area contributed by atoms with Crippen LogP contribution in [0.25, 0.3) is 0 Å². The van der Waals surface area contributed by atoms with Crippen molar-refractivity contribution >= 4 is 29.6 Å². The molecule has 0 spiro atoms. The summed E-state index contributed by atoms with van der Waals surface area (Å²) in [4.78, 5) is 36.5. The summed E-state index contributed by atoms with van der Waals surface area (Å²) in [6, 6.07) is 0. The van der Waals surface area contributed by atoms with Crippen LogP contribution in [0.2, 0.25) is 5.02 Å². The van der Waals surface area contributed by atoms with Crippen molar-refractivity contribution in [2.45, 2.75) is 80.3 Å². The largest absolute Gasteiger partial charge is 0.507 e. The highest BCUT2D eigenvalue weighted by Gasteiger charge is 2.45. The first-order chi connectivity index (χ1) is 15.8. The molecule has 0 unspecified atom stereocenters. The number of esters is 1. The number of hydrogen-bond donors (Lipinski definition) is 2. The van der Waals surface area contributed by atoms with Crippen molar-refractivity contribution in [2.75, 3.05) is 0 Å². The highest BCUT2D eigenvalue weighted by Crippen LogP contribution is 2.48. The molecule has 1 fully saturated rings. The number of hydrogen-bond acceptors (Lipinski definition) is 6. The van der Waals surface area contributed by atoms with Gasteiger partial charge in [-0.15, -0.1) is 0 Å². The number of carbonyl (C=O) groups is 3. The third-order valence-corrected chi connectivity index (χ3v) is 8.26. The summed E-state index contributed by atoms with van der Waals surface area (Å²) in [5.41, 5.74) is 0.844. The number of allylic oxidation sites excluding steroid dienone is 1. The van der Waals surface area contributed by atoms with Crippen LogP contribution >= 0.6 is 11.6 Å². The Morgan fingerprint density at radius 2 is 1.88 bits per heavy atom. The number of halogens is 1. The number of aromatic hydroxyl groups is 2. The third kappa shape index (κ3) is 5.48. The standard InChI is InChI=1S/C27H37ClO6/c1-14(2)26(33)34-22(12-27(7)16(4)9-11-21(30)18(27)6)15(3)8-10-19-24(31)20(13-29)17(5)23(28)25(19)32/h8,13-14,16,18,22,31-32H,9-12H2,1-7H3/t16-,18+,22-,27-/m1/s1. The second-order valence-electron chi connectivity index (χ2n) is 10.2. The summed E-state index contributed by atoms with van der Waals surface area (Å²) in [6.45, 7) is 13.1. The fourth-order valence-electron chi connectivity index (χ4n) is 4.66. The van der Waals surface area contributed by atoms with Crippen LogP contribution in [0.1, 0.15) is 82.3 Å². The minimum atomic E-state index is -0.577. The molecule has 1 saturated carbocycles. The predicted octanol–water partition coefficient (Wildman–Crippen LogP) is 5.96. The van der Waals surface area contributed by atoms with E-state index in [0.717, 1.165) is 12.0 Å². The second-order valence-corrected chi connectivity index (χ2v) is 10.6. The van der Waals surface area contributed by atoms with Gasteiger partial charge in [0.1, 0.15) is 23.4 Å². The third-order valence-electron chi connectivity index (χ3n) is 7.80. The minimum Gasteiger partial charge on any atom is -0.507 e. The summed E-state index contributed by atoms with van der Waals surface area (Å²) in [7, 11) is 0. The molecule has 0 radical (unpaired) electrons. The number of Topliss-reactive ketones (excluding diaryl/α,β-unsaturated/α-hetero) is 1. The van der Waals surface area contributed by atoms with Gasteiger partial charge >= 0.3 is 5.97 Å². The van der Waals surface area contributed by atoms with E-state index in [0.29, 0.717) is 24.7 Å². The van der Waals surface area contributed by atoms with Crippen molar-refractivity contribution in [3.8, 4) is 11.5 Å². The number of phenols is 2. The minimum absolute atomic E-state index is 0.0135. The molecular formula is C27H37ClO6. The van der Waals surface area contributed by atoms with Gasteiger partial charge in [-0.05, 0) is 55.6 Å². The van der Waals surface area contributed by atoms with Crippen molar-refractivity contribution in [1.82, 2.24) is 0 Å². The van der Waals surface area contributed by atoms with Gasteiger partial charge in [0, 0.05) is 17.9 Å². The van der Waals surface area contributed by atoms with Crippen molar-refractivity contribution in [3.05, 3.63) is 33.4 Å². The van der Waals surface area contributed by atoms with Crippen LogP contribution in [0.3, 0.4) is 0 Å². The van der Waals surface area contributed by atoms with Crippen LogP contribution in [0.15, 0.2) is 11.6 Å². The topological polar surface area (TPSA) is 101 Å². The molecule has 4 atom stereocenters. The van der Waals surface area contributed by atoms with Gasteiger partial charge in [0.05, 0.1) is 16.5 Å². The quantitative estimate of drug-likeness (QED) is 0.264. The van der Waals surface area contributed by atoms with Gasteiger partial charge in [-0.1, -0.05) is 52.3 Å². The molecule has 0 saturated heterocycles. The van der Waals surface area contributed by atoms with Gasteiger partial charge < -0.3 is 14.9 Å². The maximum Gasteiger partial charge on any atom is 0.308 e. The number of ketones is 1. The molecule has 2 rings (SSSR count). The summed E-state index contributed by atoms with van der Waals surface area (Å²) < 4.78 is 5.88. The highest BCUT2D eigenvalue weighted by molar-refractivity contribution is 6.33. The average molecular weight is 493 g/mol. The zero-order valence-electron chi connectivity index (χ0n) is 21.2. The molecule has 7 heteroatoms. The zero-order valence-corrected chi connectivity index (χ0v) is 22.0. The highest BCUT2D eigenvalue weighted by atomic mass is 35.5. The average Bonchev–Trinajstić information content (AvgIpc) is 2.78. The van der Waals surface area contributed by atoms with Crippen LogP contribution in [-0.4, -0.2) is 34.4 Å². The second kappa shape index (κ2) is 10.9. The summed E-state index contributed by atoms with van der Waals surface area (Å²) in [5.74, 6) is -0.922. The SMILES string of the molecule is CC(=CCc1c(O)c(Cl)c(C)c(C=O)c1O)[C@@H](C[C@]1(C)[C@H](C)CCC(=O)[C@@H]1C)OC(=O)C(C)C. The van der Waals surface area contributed by atoms with Crippen molar-refractivity contribution < 1.29 is 29.3 Å². The number of carbonyl (C=O) groups excluding carboxylic acids is 3. The maximum atomic E-state index is 12.5. The van der Waals surface area contributed by atoms with E-state index in [1.807, 2.05) is 13.8 Å². The number of rotatable bonds is 8. The first-order valence-corrected chi connectivity index (χ1v) is 12.2. The van der Waals surface area contributed by atoms with E-state index < -0.39 is 6.10 Å². The lowest BCUT2D eigenvalue weighted by molar-refractivity contribution is -0.154. The fourth-order valence-corrected chi connectivity index (χ4v) is 4.88. The van der Waals surface area contributed by atoms with Crippen LogP contribution < -0.4 is 0 Å². The summed E-state index contributed by atoms with van der Waals surface area (Å²) in [6.07, 6.45) is 3.62. The Hall–Kier alpha value is -2.34. The number of benzene rings is 1. The molecule has 0 aliphatic heterocycles. The molecule has 0 amide bonds. The van der Waals surface area contributed by atoms with Crippen LogP contribution in [0.5, 0.6) is 11.5 Å². The van der Waals surface area contributed by atoms with Gasteiger partial charge in [0.25, 0.3) is 0 Å². The van der Waals surface area contributed by atoms with E-state index in [-0.39, 0.29) is 69.0 Å². The molecule has 188 valence electrons. The monoisotopic (exact) mass is 492 g/mol. The Kier molecular flexibility index (Phi) is 8.98. The van der Waals surface area contributed by atoms with Gasteiger partial charge in [-0.3, -0.25) is 14.4 Å². The summed E-state index contributed by atoms with van der Waals surface area (Å²) >= 11 is 6.17. The Morgan fingerprint density at radius 1 is 1.26 bits per heavy atom. The van der Waals surface area contributed by atoms with Gasteiger partial charge in [0.2, 0.25) is 0 Å². The zero-order chi connectivity index (χ0) is 26.0. The van der Waals surface area contributed by atoms with E-state index in [4.69, 9.17) is 16.3 Å². The molecule has 0 bridgehead atoms. The molecule has 0 aromatic heterocycles. The van der Waals surface area contributed by atoms with Crippen LogP contribution in [-0.2, 0) is 20.7 Å². The maximum absolute atomic E-state index is 12.5. The van der Waals surface area contributed by atoms with Crippen molar-refractivity contribution in [1.29, 1.82) is 0 Å². The van der Waals surface area contributed by atoms with Crippen molar-refractivity contribution in [3.63, 3.8) is 0 Å². The normalized spacial score (nSPS) is 24.3. The van der Waals surface area contributed by atoms with Crippen LogP contribution in [0.4, 0.5) is 0 Å². The Labute approximate surface area is 207 Å². The Morgan fingerprint density at radius 3 is 2.44 bits per heavy atom. The lowest BCUT2D eigenvalue weighted by Crippen LogP contribution is -2.44. The lowest BCUT2D eigenvalue weighted by Gasteiger charge is -2.45. The predicted molar refractivity (Wildman–Crippen MR) is 132 cm³/mol. The molecule has 1 aliphatic carbocycles. The summed E-state index contributed by atoms with van der Waals surface area (Å²) in [5, 5.41) is 21.0. The van der Waals surface area contributed by atoms with E-state index in [1.165, 1.54) is 0 Å². The Bertz CT molecular complexity index is 996. The van der Waals surface area contributed by atoms with E-state index in [1.54, 1.807) is 26.8 Å². The molecule has 34 heavy (non-hydrogen) atoms. The van der Waals surface area contributed by atoms with Gasteiger partial charge in [-0.2, -0.15) is 0 Å². The molecule has 0 heterocycles. The fraction of sp³-hybridized carbons (Fsp3) is 0.593. The van der Waals surface area contributed by atoms with E-state index >= 15 is 0 Å². The first-order valence-electron chi connectivity index (χ1n) is 11.8. The first kappa shape index (κ1) is 27.9.